The zero-order valence-electron chi connectivity index (χ0n) is 9.11. The lowest BCUT2D eigenvalue weighted by Gasteiger charge is -2.09. The molecule has 0 saturated carbocycles. The Morgan fingerprint density at radius 3 is 2.56 bits per heavy atom. The number of anilines is 4. The van der Waals surface area contributed by atoms with Gasteiger partial charge < -0.3 is 16.5 Å². The van der Waals surface area contributed by atoms with E-state index in [4.69, 9.17) is 23.2 Å². The molecule has 94 valence electrons. The van der Waals surface area contributed by atoms with Crippen LogP contribution in [0.25, 0.3) is 0 Å². The molecule has 0 radical (unpaired) electrons. The van der Waals surface area contributed by atoms with Gasteiger partial charge in [-0.15, -0.1) is 0 Å². The molecule has 0 aliphatic carbocycles. The predicted octanol–water partition coefficient (Wildman–Crippen LogP) is 2.35. The Hall–Kier alpha value is -1.32. The Morgan fingerprint density at radius 1 is 1.17 bits per heavy atom. The van der Waals surface area contributed by atoms with Crippen LogP contribution in [0.2, 0.25) is 5.02 Å². The summed E-state index contributed by atoms with van der Waals surface area (Å²) in [5.41, 5.74) is 8.87. The summed E-state index contributed by atoms with van der Waals surface area (Å²) >= 11 is 8.07. The standard InChI is InChI=1S/C10H10ClIN6/c11-5-1-2-7(6(12)3-5)15-8-4-9(18-14)17-10(13)16-8/h1-4H,14H2,(H4,13,15,16,17,18). The lowest BCUT2D eigenvalue weighted by Crippen LogP contribution is -2.11. The van der Waals surface area contributed by atoms with Crippen LogP contribution < -0.4 is 22.3 Å². The van der Waals surface area contributed by atoms with E-state index in [0.29, 0.717) is 16.7 Å². The van der Waals surface area contributed by atoms with Crippen LogP contribution in [0.4, 0.5) is 23.3 Å². The van der Waals surface area contributed by atoms with Crippen molar-refractivity contribution in [2.24, 2.45) is 5.84 Å². The van der Waals surface area contributed by atoms with Crippen molar-refractivity contribution in [2.75, 3.05) is 16.5 Å². The first-order valence-corrected chi connectivity index (χ1v) is 6.37. The molecule has 0 spiro atoms. The molecular formula is C10H10ClIN6. The van der Waals surface area contributed by atoms with Crippen molar-refractivity contribution in [3.63, 3.8) is 0 Å². The van der Waals surface area contributed by atoms with Gasteiger partial charge in [0.05, 0.1) is 5.69 Å². The monoisotopic (exact) mass is 376 g/mol. The van der Waals surface area contributed by atoms with E-state index in [1.807, 2.05) is 12.1 Å². The summed E-state index contributed by atoms with van der Waals surface area (Å²) in [4.78, 5) is 7.96. The van der Waals surface area contributed by atoms with Crippen LogP contribution in [0.3, 0.4) is 0 Å². The van der Waals surface area contributed by atoms with E-state index in [1.165, 1.54) is 0 Å². The molecule has 0 unspecified atom stereocenters. The Balaban J connectivity index is 2.30. The fourth-order valence-corrected chi connectivity index (χ4v) is 2.34. The molecule has 8 heteroatoms. The van der Waals surface area contributed by atoms with E-state index < -0.39 is 0 Å². The van der Waals surface area contributed by atoms with Gasteiger partial charge in [-0.2, -0.15) is 9.97 Å². The molecule has 0 bridgehead atoms. The molecule has 1 heterocycles. The molecule has 0 amide bonds. The summed E-state index contributed by atoms with van der Waals surface area (Å²) in [6, 6.07) is 7.15. The maximum Gasteiger partial charge on any atom is 0.223 e. The van der Waals surface area contributed by atoms with Gasteiger partial charge in [-0.05, 0) is 40.8 Å². The van der Waals surface area contributed by atoms with Gasteiger partial charge in [-0.1, -0.05) is 11.6 Å². The van der Waals surface area contributed by atoms with Gasteiger partial charge in [0.15, 0.2) is 0 Å². The number of nitrogens with two attached hydrogens (primary N) is 2. The van der Waals surface area contributed by atoms with E-state index in [-0.39, 0.29) is 5.95 Å². The van der Waals surface area contributed by atoms with Gasteiger partial charge >= 0.3 is 0 Å². The van der Waals surface area contributed by atoms with Gasteiger partial charge in [0.25, 0.3) is 0 Å². The molecule has 2 rings (SSSR count). The maximum atomic E-state index is 5.89. The third-order valence-corrected chi connectivity index (χ3v) is 3.21. The molecule has 6 N–H and O–H groups in total. The Bertz CT molecular complexity index is 576. The first-order chi connectivity index (χ1) is 8.58. The SMILES string of the molecule is NNc1cc(Nc2ccc(Cl)cc2I)nc(N)n1. The highest BCUT2D eigenvalue weighted by molar-refractivity contribution is 14.1. The molecular weight excluding hydrogens is 367 g/mol. The maximum absolute atomic E-state index is 5.89. The largest absolute Gasteiger partial charge is 0.368 e. The number of benzene rings is 1. The molecule has 0 aliphatic rings. The smallest absolute Gasteiger partial charge is 0.223 e. The van der Waals surface area contributed by atoms with Gasteiger partial charge in [-0.25, -0.2) is 5.84 Å². The average Bonchev–Trinajstić information content (AvgIpc) is 2.32. The summed E-state index contributed by atoms with van der Waals surface area (Å²) in [5, 5.41) is 3.80. The van der Waals surface area contributed by atoms with E-state index in [9.17, 15) is 0 Å². The second-order valence-corrected chi connectivity index (χ2v) is 4.99. The quantitative estimate of drug-likeness (QED) is 0.373. The number of hydrogen-bond acceptors (Lipinski definition) is 6. The summed E-state index contributed by atoms with van der Waals surface area (Å²) in [7, 11) is 0. The Labute approximate surface area is 122 Å². The normalized spacial score (nSPS) is 10.2. The fourth-order valence-electron chi connectivity index (χ4n) is 1.33. The molecule has 1 aromatic heterocycles. The van der Waals surface area contributed by atoms with Crippen LogP contribution in [0.15, 0.2) is 24.3 Å². The van der Waals surface area contributed by atoms with Crippen molar-refractivity contribution in [1.29, 1.82) is 0 Å². The molecule has 18 heavy (non-hydrogen) atoms. The first-order valence-electron chi connectivity index (χ1n) is 4.92. The Kier molecular flexibility index (Phi) is 4.04. The number of hydrogen-bond donors (Lipinski definition) is 4. The summed E-state index contributed by atoms with van der Waals surface area (Å²) in [5.74, 6) is 6.41. The molecule has 0 fully saturated rings. The zero-order valence-corrected chi connectivity index (χ0v) is 12.0. The Morgan fingerprint density at radius 2 is 1.89 bits per heavy atom. The first kappa shape index (κ1) is 13.1. The number of rotatable bonds is 3. The van der Waals surface area contributed by atoms with Crippen LogP contribution >= 0.6 is 34.2 Å². The molecule has 0 atom stereocenters. The van der Waals surface area contributed by atoms with Crippen molar-refractivity contribution in [3.8, 4) is 0 Å². The molecule has 6 nitrogen and oxygen atoms in total. The summed E-state index contributed by atoms with van der Waals surface area (Å²) in [6.07, 6.45) is 0. The van der Waals surface area contributed by atoms with Crippen molar-refractivity contribution in [2.45, 2.75) is 0 Å². The van der Waals surface area contributed by atoms with Crippen molar-refractivity contribution in [1.82, 2.24) is 9.97 Å². The van der Waals surface area contributed by atoms with E-state index in [1.54, 1.807) is 12.1 Å². The van der Waals surface area contributed by atoms with Crippen molar-refractivity contribution >= 4 is 57.5 Å². The fraction of sp³-hybridized carbons (Fsp3) is 0. The number of halogens is 2. The van der Waals surface area contributed by atoms with Gasteiger partial charge in [0, 0.05) is 14.7 Å². The lowest BCUT2D eigenvalue weighted by molar-refractivity contribution is 1.15. The van der Waals surface area contributed by atoms with Crippen LogP contribution in [-0.2, 0) is 0 Å². The molecule has 0 aliphatic heterocycles. The number of nitrogen functional groups attached to an aromatic ring is 2. The minimum absolute atomic E-state index is 0.136. The van der Waals surface area contributed by atoms with Crippen LogP contribution in [0.5, 0.6) is 0 Å². The lowest BCUT2D eigenvalue weighted by atomic mass is 10.3. The zero-order chi connectivity index (χ0) is 13.1. The number of aromatic nitrogens is 2. The number of nitrogens with one attached hydrogen (secondary N) is 2. The number of hydrazine groups is 1. The third-order valence-electron chi connectivity index (χ3n) is 2.09. The van der Waals surface area contributed by atoms with E-state index >= 15 is 0 Å². The second-order valence-electron chi connectivity index (χ2n) is 3.39. The minimum atomic E-state index is 0.136. The van der Waals surface area contributed by atoms with Crippen LogP contribution in [0.1, 0.15) is 0 Å². The highest BCUT2D eigenvalue weighted by Gasteiger charge is 2.05. The predicted molar refractivity (Wildman–Crippen MR) is 81.7 cm³/mol. The molecule has 1 aromatic carbocycles. The molecule has 2 aromatic rings. The van der Waals surface area contributed by atoms with Crippen LogP contribution in [0, 0.1) is 3.57 Å². The van der Waals surface area contributed by atoms with E-state index in [2.05, 4.69) is 43.3 Å². The number of nitrogens with zero attached hydrogens (tertiary/aromatic N) is 2. The topological polar surface area (TPSA) is 102 Å². The highest BCUT2D eigenvalue weighted by atomic mass is 127. The summed E-state index contributed by atoms with van der Waals surface area (Å²) in [6.45, 7) is 0. The van der Waals surface area contributed by atoms with Crippen molar-refractivity contribution in [3.05, 3.63) is 32.9 Å². The van der Waals surface area contributed by atoms with Gasteiger partial charge in [-0.3, -0.25) is 0 Å². The van der Waals surface area contributed by atoms with Gasteiger partial charge in [0.1, 0.15) is 11.6 Å². The average molecular weight is 377 g/mol. The van der Waals surface area contributed by atoms with Crippen LogP contribution in [-0.4, -0.2) is 9.97 Å². The second kappa shape index (κ2) is 5.55. The van der Waals surface area contributed by atoms with Gasteiger partial charge in [0.2, 0.25) is 5.95 Å². The van der Waals surface area contributed by atoms with E-state index in [0.717, 1.165) is 9.26 Å². The van der Waals surface area contributed by atoms with Crippen molar-refractivity contribution < 1.29 is 0 Å². The third kappa shape index (κ3) is 3.12. The summed E-state index contributed by atoms with van der Waals surface area (Å²) < 4.78 is 0.972. The molecule has 0 saturated heterocycles. The minimum Gasteiger partial charge on any atom is -0.368 e. The highest BCUT2D eigenvalue weighted by Crippen LogP contribution is 2.25.